The van der Waals surface area contributed by atoms with Crippen LogP contribution in [0.4, 0.5) is 13.2 Å². The van der Waals surface area contributed by atoms with Crippen molar-refractivity contribution in [3.8, 4) is 0 Å². The van der Waals surface area contributed by atoms with Crippen LogP contribution in [0.5, 0.6) is 0 Å². The highest BCUT2D eigenvalue weighted by Crippen LogP contribution is 2.36. The van der Waals surface area contributed by atoms with Crippen LogP contribution in [-0.4, -0.2) is 28.6 Å². The Labute approximate surface area is 209 Å². The number of nitrogens with zero attached hydrogens (tertiary/aromatic N) is 3. The van der Waals surface area contributed by atoms with E-state index in [4.69, 9.17) is 0 Å². The molecule has 0 fully saturated rings. The number of rotatable bonds is 7. The average molecular weight is 505 g/mol. The third-order valence-corrected chi connectivity index (χ3v) is 6.43. The normalized spacial score (nSPS) is 19.4. The van der Waals surface area contributed by atoms with Gasteiger partial charge < -0.3 is 9.29 Å². The Morgan fingerprint density at radius 1 is 1.31 bits per heavy atom. The summed E-state index contributed by atoms with van der Waals surface area (Å²) in [5, 5.41) is 3.71. The van der Waals surface area contributed by atoms with E-state index in [2.05, 4.69) is 40.9 Å². The fourth-order valence-electron chi connectivity index (χ4n) is 4.43. The summed E-state index contributed by atoms with van der Waals surface area (Å²) >= 11 is 4.19. The van der Waals surface area contributed by atoms with Gasteiger partial charge in [-0.3, -0.25) is 4.79 Å². The number of halogens is 3. The van der Waals surface area contributed by atoms with Crippen LogP contribution >= 0.6 is 12.8 Å². The second kappa shape index (κ2) is 11.2. The molecule has 0 bridgehead atoms. The minimum atomic E-state index is -4.52. The van der Waals surface area contributed by atoms with Gasteiger partial charge in [0.2, 0.25) is 0 Å². The molecule has 0 saturated carbocycles. The molecule has 188 valence electrons. The molecular weight excluding hydrogens is 473 g/mol. The lowest BCUT2D eigenvalue weighted by Gasteiger charge is -2.22. The monoisotopic (exact) mass is 504 g/mol. The van der Waals surface area contributed by atoms with E-state index in [1.807, 2.05) is 26.0 Å². The lowest BCUT2D eigenvalue weighted by molar-refractivity contribution is -0.243. The lowest BCUT2D eigenvalue weighted by atomic mass is 9.86. The first-order valence-electron chi connectivity index (χ1n) is 11.5. The summed E-state index contributed by atoms with van der Waals surface area (Å²) in [6, 6.07) is 0. The molecule has 0 spiro atoms. The number of allylic oxidation sites excluding steroid dienone is 7. The van der Waals surface area contributed by atoms with Crippen LogP contribution in [0.3, 0.4) is 0 Å². The number of hydrazone groups is 1. The van der Waals surface area contributed by atoms with Crippen molar-refractivity contribution in [1.29, 1.82) is 0 Å². The number of pyridine rings is 1. The second-order valence-electron chi connectivity index (χ2n) is 8.52. The molecule has 1 aliphatic heterocycles. The molecular formula is C26H31F3N4OS. The lowest BCUT2D eigenvalue weighted by Crippen LogP contribution is -2.33. The topological polar surface area (TPSA) is 49.6 Å². The number of thiol groups is 1. The van der Waals surface area contributed by atoms with Crippen LogP contribution in [0.25, 0.3) is 11.6 Å². The van der Waals surface area contributed by atoms with Gasteiger partial charge in [-0.25, -0.2) is 5.01 Å². The van der Waals surface area contributed by atoms with Gasteiger partial charge in [-0.2, -0.15) is 5.10 Å². The van der Waals surface area contributed by atoms with E-state index in [1.165, 1.54) is 10.8 Å². The van der Waals surface area contributed by atoms with Gasteiger partial charge in [-0.05, 0) is 49.8 Å². The van der Waals surface area contributed by atoms with E-state index < -0.39 is 12.2 Å². The molecule has 0 radical (unpaired) electrons. The third kappa shape index (κ3) is 5.83. The van der Waals surface area contributed by atoms with E-state index in [9.17, 15) is 18.0 Å². The first kappa shape index (κ1) is 26.7. The highest BCUT2D eigenvalue weighted by atomic mass is 32.1. The summed E-state index contributed by atoms with van der Waals surface area (Å²) in [4.78, 5) is 12.9. The Bertz CT molecular complexity index is 1200. The van der Waals surface area contributed by atoms with Gasteiger partial charge in [0.15, 0.2) is 0 Å². The maximum atomic E-state index is 13.2. The summed E-state index contributed by atoms with van der Waals surface area (Å²) in [7, 11) is 1.70. The van der Waals surface area contributed by atoms with Crippen molar-refractivity contribution in [3.63, 3.8) is 0 Å². The minimum Gasteiger partial charge on any atom is -0.338 e. The SMILES string of the molecule is C/C=C(\C(=C/NS)C1=CCCC=C1)c1cn(C)c(=O)c(C)c1/C=C(\CC)C1C=NN(C(F)(F)F)C1. The number of aromatic nitrogens is 1. The van der Waals surface area contributed by atoms with Gasteiger partial charge >= 0.3 is 6.30 Å². The van der Waals surface area contributed by atoms with Crippen LogP contribution in [0.15, 0.2) is 63.3 Å². The number of aryl methyl sites for hydroxylation is 1. The van der Waals surface area contributed by atoms with E-state index in [1.54, 1.807) is 26.4 Å². The van der Waals surface area contributed by atoms with E-state index in [0.717, 1.165) is 40.7 Å². The number of nitrogens with one attached hydrogen (secondary N) is 1. The summed E-state index contributed by atoms with van der Waals surface area (Å²) in [6.45, 7) is 5.30. The van der Waals surface area contributed by atoms with E-state index >= 15 is 0 Å². The molecule has 1 aliphatic carbocycles. The van der Waals surface area contributed by atoms with Gasteiger partial charge in [0.1, 0.15) is 0 Å². The number of alkyl halides is 3. The van der Waals surface area contributed by atoms with Crippen molar-refractivity contribution in [2.45, 2.75) is 46.3 Å². The third-order valence-electron chi connectivity index (χ3n) is 6.30. The van der Waals surface area contributed by atoms with Gasteiger partial charge in [0.05, 0.1) is 6.54 Å². The molecule has 0 aromatic carbocycles. The van der Waals surface area contributed by atoms with Gasteiger partial charge in [0, 0.05) is 48.3 Å². The van der Waals surface area contributed by atoms with Gasteiger partial charge in [0.25, 0.3) is 5.56 Å². The molecule has 5 nitrogen and oxygen atoms in total. The predicted molar refractivity (Wildman–Crippen MR) is 140 cm³/mol. The molecule has 3 rings (SSSR count). The Balaban J connectivity index is 2.16. The quantitative estimate of drug-likeness (QED) is 0.275. The van der Waals surface area contributed by atoms with Crippen LogP contribution in [0, 0.1) is 12.8 Å². The molecule has 35 heavy (non-hydrogen) atoms. The van der Waals surface area contributed by atoms with Crippen molar-refractivity contribution in [3.05, 3.63) is 80.5 Å². The van der Waals surface area contributed by atoms with Crippen molar-refractivity contribution in [2.24, 2.45) is 18.1 Å². The molecule has 0 saturated heterocycles. The predicted octanol–water partition coefficient (Wildman–Crippen LogP) is 5.92. The van der Waals surface area contributed by atoms with Crippen LogP contribution in [0.2, 0.25) is 0 Å². The highest BCUT2D eigenvalue weighted by Gasteiger charge is 2.40. The van der Waals surface area contributed by atoms with Crippen molar-refractivity contribution in [2.75, 3.05) is 6.54 Å². The molecule has 1 aromatic heterocycles. The fourth-order valence-corrected chi connectivity index (χ4v) is 4.56. The summed E-state index contributed by atoms with van der Waals surface area (Å²) in [5.41, 5.74) is 5.51. The van der Waals surface area contributed by atoms with Crippen LogP contribution in [0.1, 0.15) is 49.8 Å². The summed E-state index contributed by atoms with van der Waals surface area (Å²) < 4.78 is 43.8. The molecule has 1 aromatic rings. The maximum absolute atomic E-state index is 13.2. The zero-order valence-electron chi connectivity index (χ0n) is 20.4. The molecule has 2 aliphatic rings. The highest BCUT2D eigenvalue weighted by molar-refractivity contribution is 7.78. The van der Waals surface area contributed by atoms with Crippen molar-refractivity contribution in [1.82, 2.24) is 14.3 Å². The Kier molecular flexibility index (Phi) is 8.53. The number of hydrogen-bond acceptors (Lipinski definition) is 5. The zero-order chi connectivity index (χ0) is 25.8. The summed E-state index contributed by atoms with van der Waals surface area (Å²) in [6.07, 6.45) is 13.0. The zero-order valence-corrected chi connectivity index (χ0v) is 21.3. The molecule has 0 amide bonds. The molecule has 1 atom stereocenters. The Hall–Kier alpha value is -2.94. The first-order chi connectivity index (χ1) is 16.6. The molecule has 1 N–H and O–H groups in total. The standard InChI is InChI=1S/C26H31F3N4OS/c1-5-18(20-13-30-33(15-20)26(27,28)29)12-22-17(3)25(34)32(4)16-24(22)21(6-2)23(14-31-35)19-10-8-7-9-11-19/h6,8,10-14,16,20,31,35H,5,7,9,15H2,1-4H3/b18-12+,21-6+,23-14-. The Morgan fingerprint density at radius 2 is 2.06 bits per heavy atom. The minimum absolute atomic E-state index is 0.150. The van der Waals surface area contributed by atoms with Crippen LogP contribution in [-0.2, 0) is 7.05 Å². The molecule has 9 heteroatoms. The van der Waals surface area contributed by atoms with Crippen LogP contribution < -0.4 is 10.3 Å². The van der Waals surface area contributed by atoms with Crippen molar-refractivity contribution < 1.29 is 13.2 Å². The Morgan fingerprint density at radius 3 is 2.60 bits per heavy atom. The second-order valence-corrected chi connectivity index (χ2v) is 8.78. The first-order valence-corrected chi connectivity index (χ1v) is 12.0. The van der Waals surface area contributed by atoms with Gasteiger partial charge in [-0.15, -0.1) is 13.2 Å². The number of hydrogen-bond donors (Lipinski definition) is 2. The maximum Gasteiger partial charge on any atom is 0.500 e. The van der Waals surface area contributed by atoms with E-state index in [0.29, 0.717) is 17.5 Å². The largest absolute Gasteiger partial charge is 0.500 e. The summed E-state index contributed by atoms with van der Waals surface area (Å²) in [5.74, 6) is -0.495. The van der Waals surface area contributed by atoms with Crippen molar-refractivity contribution >= 4 is 30.7 Å². The fraction of sp³-hybridized carbons (Fsp3) is 0.385. The smallest absolute Gasteiger partial charge is 0.338 e. The van der Waals surface area contributed by atoms with E-state index in [-0.39, 0.29) is 17.1 Å². The molecule has 2 heterocycles. The average Bonchev–Trinajstić information content (AvgIpc) is 3.34. The molecule has 1 unspecified atom stereocenters. The van der Waals surface area contributed by atoms with Gasteiger partial charge in [-0.1, -0.05) is 55.7 Å².